The Hall–Kier alpha value is -1.59. The zero-order chi connectivity index (χ0) is 12.4. The van der Waals surface area contributed by atoms with E-state index in [4.69, 9.17) is 4.74 Å². The molecule has 0 bridgehead atoms. The Bertz CT molecular complexity index is 557. The molecule has 0 saturated carbocycles. The van der Waals surface area contributed by atoms with E-state index in [1.54, 1.807) is 7.11 Å². The predicted octanol–water partition coefficient (Wildman–Crippen LogP) is 1.83. The monoisotopic (exact) mass is 280 g/mol. The van der Waals surface area contributed by atoms with Crippen molar-refractivity contribution in [3.05, 3.63) is 24.3 Å². The summed E-state index contributed by atoms with van der Waals surface area (Å²) in [7, 11) is 1.62. The first-order valence-electron chi connectivity index (χ1n) is 6.15. The van der Waals surface area contributed by atoms with E-state index >= 15 is 0 Å². The molecule has 1 saturated heterocycles. The van der Waals surface area contributed by atoms with Gasteiger partial charge in [0.05, 0.1) is 18.1 Å². The first-order valence-corrected chi connectivity index (χ1v) is 6.15. The number of hydrogen-bond donors (Lipinski definition) is 2. The fourth-order valence-corrected chi connectivity index (χ4v) is 2.19. The van der Waals surface area contributed by atoms with Crippen LogP contribution in [0.5, 0.6) is 5.88 Å². The SMILES string of the molecule is COc1nc2ccccc2nc1N[C@@H]1CCNC1.Cl. The van der Waals surface area contributed by atoms with Crippen LogP contribution in [0.4, 0.5) is 5.82 Å². The molecule has 6 heteroatoms. The molecule has 5 nitrogen and oxygen atoms in total. The molecule has 1 aromatic carbocycles. The minimum atomic E-state index is 0. The molecule has 19 heavy (non-hydrogen) atoms. The molecular formula is C13H17ClN4O. The van der Waals surface area contributed by atoms with Crippen molar-refractivity contribution in [1.82, 2.24) is 15.3 Å². The van der Waals surface area contributed by atoms with Crippen LogP contribution in [0.2, 0.25) is 0 Å². The van der Waals surface area contributed by atoms with E-state index in [1.165, 1.54) is 0 Å². The van der Waals surface area contributed by atoms with Crippen molar-refractivity contribution in [3.8, 4) is 5.88 Å². The quantitative estimate of drug-likeness (QED) is 0.898. The van der Waals surface area contributed by atoms with Gasteiger partial charge in [-0.15, -0.1) is 12.4 Å². The summed E-state index contributed by atoms with van der Waals surface area (Å²) >= 11 is 0. The maximum absolute atomic E-state index is 5.31. The maximum atomic E-state index is 5.31. The minimum absolute atomic E-state index is 0. The second kappa shape index (κ2) is 6.04. The third-order valence-corrected chi connectivity index (χ3v) is 3.13. The van der Waals surface area contributed by atoms with E-state index in [0.29, 0.717) is 11.9 Å². The number of rotatable bonds is 3. The van der Waals surface area contributed by atoms with Crippen molar-refractivity contribution in [1.29, 1.82) is 0 Å². The van der Waals surface area contributed by atoms with Crippen LogP contribution in [-0.4, -0.2) is 36.2 Å². The lowest BCUT2D eigenvalue weighted by atomic mass is 10.2. The van der Waals surface area contributed by atoms with Gasteiger partial charge in [-0.1, -0.05) is 12.1 Å². The second-order valence-electron chi connectivity index (χ2n) is 4.40. The van der Waals surface area contributed by atoms with Crippen molar-refractivity contribution in [2.75, 3.05) is 25.5 Å². The highest BCUT2D eigenvalue weighted by atomic mass is 35.5. The van der Waals surface area contributed by atoms with Crippen molar-refractivity contribution >= 4 is 29.3 Å². The van der Waals surface area contributed by atoms with E-state index in [-0.39, 0.29) is 12.4 Å². The van der Waals surface area contributed by atoms with E-state index < -0.39 is 0 Å². The highest BCUT2D eigenvalue weighted by Gasteiger charge is 2.17. The van der Waals surface area contributed by atoms with Crippen molar-refractivity contribution < 1.29 is 4.74 Å². The van der Waals surface area contributed by atoms with E-state index in [9.17, 15) is 0 Å². The lowest BCUT2D eigenvalue weighted by Gasteiger charge is -2.14. The van der Waals surface area contributed by atoms with Gasteiger partial charge < -0.3 is 15.4 Å². The third-order valence-electron chi connectivity index (χ3n) is 3.13. The topological polar surface area (TPSA) is 59.1 Å². The Labute approximate surface area is 118 Å². The van der Waals surface area contributed by atoms with Gasteiger partial charge in [-0.05, 0) is 25.1 Å². The molecule has 2 aromatic rings. The fourth-order valence-electron chi connectivity index (χ4n) is 2.19. The number of aromatic nitrogens is 2. The second-order valence-corrected chi connectivity index (χ2v) is 4.40. The van der Waals surface area contributed by atoms with E-state index in [0.717, 1.165) is 36.4 Å². The summed E-state index contributed by atoms with van der Waals surface area (Å²) in [5.41, 5.74) is 1.73. The summed E-state index contributed by atoms with van der Waals surface area (Å²) in [6.45, 7) is 2.00. The molecule has 0 spiro atoms. The predicted molar refractivity (Wildman–Crippen MR) is 78.2 cm³/mol. The number of ether oxygens (including phenoxy) is 1. The van der Waals surface area contributed by atoms with Gasteiger partial charge in [0.25, 0.3) is 5.88 Å². The Morgan fingerprint density at radius 3 is 2.63 bits per heavy atom. The number of nitrogens with one attached hydrogen (secondary N) is 2. The molecule has 102 valence electrons. The summed E-state index contributed by atoms with van der Waals surface area (Å²) in [5.74, 6) is 1.28. The summed E-state index contributed by atoms with van der Waals surface area (Å²) in [4.78, 5) is 9.05. The molecule has 1 aliphatic heterocycles. The molecule has 0 aliphatic carbocycles. The number of fused-ring (bicyclic) bond motifs is 1. The van der Waals surface area contributed by atoms with Gasteiger partial charge in [0.15, 0.2) is 5.82 Å². The highest BCUT2D eigenvalue weighted by molar-refractivity contribution is 5.85. The number of anilines is 1. The first kappa shape index (κ1) is 13.8. The van der Waals surface area contributed by atoms with Crippen molar-refractivity contribution in [2.45, 2.75) is 12.5 Å². The fraction of sp³-hybridized carbons (Fsp3) is 0.385. The number of halogens is 1. The smallest absolute Gasteiger partial charge is 0.257 e. The number of methoxy groups -OCH3 is 1. The van der Waals surface area contributed by atoms with Crippen LogP contribution in [0.1, 0.15) is 6.42 Å². The lowest BCUT2D eigenvalue weighted by molar-refractivity contribution is 0.399. The molecule has 0 radical (unpaired) electrons. The van der Waals surface area contributed by atoms with Crippen LogP contribution in [0.15, 0.2) is 24.3 Å². The Kier molecular flexibility index (Phi) is 4.39. The molecule has 1 aliphatic rings. The standard InChI is InChI=1S/C13H16N4O.ClH/c1-18-13-12(15-9-6-7-14-8-9)16-10-4-2-3-5-11(10)17-13;/h2-5,9,14H,6-8H2,1H3,(H,15,16);1H/t9-;/m1./s1. The zero-order valence-electron chi connectivity index (χ0n) is 10.7. The highest BCUT2D eigenvalue weighted by Crippen LogP contribution is 2.24. The molecular weight excluding hydrogens is 264 g/mol. The normalized spacial score (nSPS) is 18.1. The Morgan fingerprint density at radius 2 is 2.00 bits per heavy atom. The number of benzene rings is 1. The van der Waals surface area contributed by atoms with Crippen LogP contribution in [-0.2, 0) is 0 Å². The van der Waals surface area contributed by atoms with Gasteiger partial charge in [-0.3, -0.25) is 0 Å². The molecule has 2 heterocycles. The van der Waals surface area contributed by atoms with Gasteiger partial charge in [0, 0.05) is 12.6 Å². The van der Waals surface area contributed by atoms with Crippen molar-refractivity contribution in [3.63, 3.8) is 0 Å². The van der Waals surface area contributed by atoms with Gasteiger partial charge in [-0.2, -0.15) is 0 Å². The lowest BCUT2D eigenvalue weighted by Crippen LogP contribution is -2.23. The summed E-state index contributed by atoms with van der Waals surface area (Å²) in [5, 5.41) is 6.71. The van der Waals surface area contributed by atoms with Crippen LogP contribution < -0.4 is 15.4 Å². The molecule has 3 rings (SSSR count). The van der Waals surface area contributed by atoms with E-state index in [1.807, 2.05) is 24.3 Å². The number of hydrogen-bond acceptors (Lipinski definition) is 5. The average molecular weight is 281 g/mol. The molecule has 1 fully saturated rings. The van der Waals surface area contributed by atoms with Crippen LogP contribution >= 0.6 is 12.4 Å². The van der Waals surface area contributed by atoms with Crippen LogP contribution in [0.25, 0.3) is 11.0 Å². The number of para-hydroxylation sites is 2. The molecule has 0 unspecified atom stereocenters. The molecule has 1 aromatic heterocycles. The summed E-state index contributed by atoms with van der Waals surface area (Å²) in [6.07, 6.45) is 1.09. The maximum Gasteiger partial charge on any atom is 0.257 e. The van der Waals surface area contributed by atoms with Gasteiger partial charge in [0.2, 0.25) is 0 Å². The van der Waals surface area contributed by atoms with Crippen LogP contribution in [0, 0.1) is 0 Å². The largest absolute Gasteiger partial charge is 0.478 e. The first-order chi connectivity index (χ1) is 8.86. The van der Waals surface area contributed by atoms with Gasteiger partial charge >= 0.3 is 0 Å². The van der Waals surface area contributed by atoms with Crippen LogP contribution in [0.3, 0.4) is 0 Å². The summed E-state index contributed by atoms with van der Waals surface area (Å²) < 4.78 is 5.31. The molecule has 1 atom stereocenters. The Balaban J connectivity index is 0.00000133. The van der Waals surface area contributed by atoms with Crippen molar-refractivity contribution in [2.24, 2.45) is 0 Å². The third kappa shape index (κ3) is 2.88. The zero-order valence-corrected chi connectivity index (χ0v) is 11.5. The van der Waals surface area contributed by atoms with Gasteiger partial charge in [0.1, 0.15) is 0 Å². The van der Waals surface area contributed by atoms with E-state index in [2.05, 4.69) is 20.6 Å². The average Bonchev–Trinajstić information content (AvgIpc) is 2.91. The minimum Gasteiger partial charge on any atom is -0.478 e. The molecule has 2 N–H and O–H groups in total. The number of nitrogens with zero attached hydrogens (tertiary/aromatic N) is 2. The molecule has 0 amide bonds. The van der Waals surface area contributed by atoms with Gasteiger partial charge in [-0.25, -0.2) is 9.97 Å². The Morgan fingerprint density at radius 1 is 1.26 bits per heavy atom. The summed E-state index contributed by atoms with van der Waals surface area (Å²) in [6, 6.07) is 8.20.